The van der Waals surface area contributed by atoms with E-state index in [0.717, 1.165) is 28.9 Å². The van der Waals surface area contributed by atoms with E-state index in [4.69, 9.17) is 11.6 Å². The summed E-state index contributed by atoms with van der Waals surface area (Å²) in [5.74, 6) is -2.66. The first-order valence-electron chi connectivity index (χ1n) is 7.40. The Kier molecular flexibility index (Phi) is 4.94. The molecule has 11 heteroatoms. The first-order chi connectivity index (χ1) is 12.7. The van der Waals surface area contributed by atoms with E-state index in [0.29, 0.717) is 0 Å². The lowest BCUT2D eigenvalue weighted by atomic mass is 10.3. The Morgan fingerprint density at radius 1 is 1.19 bits per heavy atom. The molecule has 1 heterocycles. The highest BCUT2D eigenvalue weighted by Crippen LogP contribution is 2.23. The number of carbonyl (C=O) groups excluding carboxylic acids is 1. The van der Waals surface area contributed by atoms with Gasteiger partial charge in [-0.1, -0.05) is 28.9 Å². The number of amides is 1. The molecule has 3 rings (SSSR count). The molecule has 1 amide bonds. The van der Waals surface area contributed by atoms with E-state index in [2.05, 4.69) is 10.3 Å². The number of sulfonamides is 1. The summed E-state index contributed by atoms with van der Waals surface area (Å²) < 4.78 is 54.3. The van der Waals surface area contributed by atoms with E-state index in [9.17, 15) is 22.0 Å². The standard InChI is InChI=1S/C16H11ClF2N4O3S/c1-9-15(20-22-23(9)13-7-6-10(18)8-11(13)17)16(24)21-27(25,26)14-5-3-2-4-12(14)19/h2-8H,1H3,(H,21,24). The number of carbonyl (C=O) groups is 1. The van der Waals surface area contributed by atoms with Crippen molar-refractivity contribution in [2.45, 2.75) is 11.8 Å². The van der Waals surface area contributed by atoms with E-state index >= 15 is 0 Å². The van der Waals surface area contributed by atoms with Crippen molar-refractivity contribution in [1.29, 1.82) is 0 Å². The zero-order valence-electron chi connectivity index (χ0n) is 13.6. The normalized spacial score (nSPS) is 11.4. The first-order valence-corrected chi connectivity index (χ1v) is 9.26. The van der Waals surface area contributed by atoms with Crippen molar-refractivity contribution in [2.75, 3.05) is 0 Å². The summed E-state index contributed by atoms with van der Waals surface area (Å²) in [4.78, 5) is 11.7. The minimum Gasteiger partial charge on any atom is -0.266 e. The van der Waals surface area contributed by atoms with Gasteiger partial charge in [0.2, 0.25) is 0 Å². The average Bonchev–Trinajstić information content (AvgIpc) is 2.96. The van der Waals surface area contributed by atoms with Gasteiger partial charge in [-0.15, -0.1) is 5.10 Å². The van der Waals surface area contributed by atoms with Gasteiger partial charge in [0.15, 0.2) is 5.69 Å². The molecule has 0 atom stereocenters. The number of hydrogen-bond acceptors (Lipinski definition) is 5. The van der Waals surface area contributed by atoms with Crippen LogP contribution in [-0.2, 0) is 10.0 Å². The molecule has 0 aliphatic carbocycles. The molecular weight excluding hydrogens is 402 g/mol. The number of benzene rings is 2. The lowest BCUT2D eigenvalue weighted by Crippen LogP contribution is -2.32. The Balaban J connectivity index is 1.93. The summed E-state index contributed by atoms with van der Waals surface area (Å²) in [5.41, 5.74) is 0.0964. The molecule has 0 bridgehead atoms. The Bertz CT molecular complexity index is 1150. The summed E-state index contributed by atoms with van der Waals surface area (Å²) >= 11 is 5.96. The van der Waals surface area contributed by atoms with Gasteiger partial charge in [0, 0.05) is 0 Å². The van der Waals surface area contributed by atoms with Gasteiger partial charge in [0.05, 0.1) is 16.4 Å². The van der Waals surface area contributed by atoms with Gasteiger partial charge in [-0.05, 0) is 37.3 Å². The lowest BCUT2D eigenvalue weighted by molar-refractivity contribution is 0.0976. The molecule has 3 aromatic rings. The number of halogens is 3. The van der Waals surface area contributed by atoms with Crippen LogP contribution in [0.2, 0.25) is 5.02 Å². The molecule has 7 nitrogen and oxygen atoms in total. The molecule has 0 radical (unpaired) electrons. The third-order valence-electron chi connectivity index (χ3n) is 3.60. The van der Waals surface area contributed by atoms with Crippen molar-refractivity contribution in [3.63, 3.8) is 0 Å². The van der Waals surface area contributed by atoms with Gasteiger partial charge in [-0.3, -0.25) is 4.79 Å². The predicted octanol–water partition coefficient (Wildman–Crippen LogP) is 2.63. The minimum atomic E-state index is -4.45. The summed E-state index contributed by atoms with van der Waals surface area (Å²) in [6.07, 6.45) is 0. The molecule has 0 saturated carbocycles. The van der Waals surface area contributed by atoms with Crippen molar-refractivity contribution >= 4 is 27.5 Å². The summed E-state index contributed by atoms with van der Waals surface area (Å²) in [6.45, 7) is 1.45. The van der Waals surface area contributed by atoms with Gasteiger partial charge in [0.1, 0.15) is 16.5 Å². The number of aromatic nitrogens is 3. The zero-order valence-corrected chi connectivity index (χ0v) is 15.2. The number of nitrogens with one attached hydrogen (secondary N) is 1. The van der Waals surface area contributed by atoms with Gasteiger partial charge in [-0.25, -0.2) is 26.6 Å². The first kappa shape index (κ1) is 18.9. The van der Waals surface area contributed by atoms with Crippen LogP contribution < -0.4 is 4.72 Å². The SMILES string of the molecule is Cc1c(C(=O)NS(=O)(=O)c2ccccc2F)nnn1-c1ccc(F)cc1Cl. The second-order valence-electron chi connectivity index (χ2n) is 5.40. The second kappa shape index (κ2) is 7.05. The van der Waals surface area contributed by atoms with Gasteiger partial charge >= 0.3 is 0 Å². The summed E-state index contributed by atoms with van der Waals surface area (Å²) in [5, 5.41) is 7.42. The van der Waals surface area contributed by atoms with Crippen LogP contribution >= 0.6 is 11.6 Å². The van der Waals surface area contributed by atoms with Gasteiger partial charge in [-0.2, -0.15) is 0 Å². The molecule has 0 aliphatic rings. The van der Waals surface area contributed by atoms with Crippen LogP contribution in [0.15, 0.2) is 47.4 Å². The molecule has 0 saturated heterocycles. The van der Waals surface area contributed by atoms with Crippen molar-refractivity contribution in [2.24, 2.45) is 0 Å². The minimum absolute atomic E-state index is 0.0222. The molecule has 27 heavy (non-hydrogen) atoms. The van der Waals surface area contributed by atoms with E-state index in [1.165, 1.54) is 25.1 Å². The molecule has 1 N–H and O–H groups in total. The zero-order chi connectivity index (χ0) is 19.8. The summed E-state index contributed by atoms with van der Waals surface area (Å²) in [7, 11) is -4.45. The number of rotatable bonds is 4. The van der Waals surface area contributed by atoms with Crippen LogP contribution in [0.25, 0.3) is 5.69 Å². The van der Waals surface area contributed by atoms with E-state index < -0.39 is 32.5 Å². The number of hydrogen-bond donors (Lipinski definition) is 1. The highest BCUT2D eigenvalue weighted by molar-refractivity contribution is 7.90. The maximum Gasteiger partial charge on any atom is 0.287 e. The Morgan fingerprint density at radius 3 is 2.56 bits per heavy atom. The molecular formula is C16H11ClF2N4O3S. The predicted molar refractivity (Wildman–Crippen MR) is 92.1 cm³/mol. The molecule has 0 fully saturated rings. The van der Waals surface area contributed by atoms with E-state index in [-0.39, 0.29) is 22.1 Å². The highest BCUT2D eigenvalue weighted by atomic mass is 35.5. The second-order valence-corrected chi connectivity index (χ2v) is 7.45. The molecule has 0 spiro atoms. The fourth-order valence-electron chi connectivity index (χ4n) is 2.31. The fraction of sp³-hybridized carbons (Fsp3) is 0.0625. The van der Waals surface area contributed by atoms with Crippen LogP contribution in [0.3, 0.4) is 0 Å². The van der Waals surface area contributed by atoms with Gasteiger partial charge < -0.3 is 0 Å². The van der Waals surface area contributed by atoms with Crippen LogP contribution in [0, 0.1) is 18.6 Å². The van der Waals surface area contributed by atoms with Crippen molar-refractivity contribution < 1.29 is 22.0 Å². The van der Waals surface area contributed by atoms with Crippen molar-refractivity contribution in [3.05, 3.63) is 70.5 Å². The third kappa shape index (κ3) is 3.67. The fourth-order valence-corrected chi connectivity index (χ4v) is 3.59. The third-order valence-corrected chi connectivity index (χ3v) is 5.27. The quantitative estimate of drug-likeness (QED) is 0.711. The molecule has 140 valence electrons. The molecule has 1 aromatic heterocycles. The monoisotopic (exact) mass is 412 g/mol. The maximum absolute atomic E-state index is 13.7. The topological polar surface area (TPSA) is 93.9 Å². The highest BCUT2D eigenvalue weighted by Gasteiger charge is 2.26. The molecule has 0 unspecified atom stereocenters. The summed E-state index contributed by atoms with van der Waals surface area (Å²) in [6, 6.07) is 8.14. The Labute approximate surface area is 157 Å². The van der Waals surface area contributed by atoms with E-state index in [1.54, 1.807) is 4.72 Å². The molecule has 0 aliphatic heterocycles. The molecule has 2 aromatic carbocycles. The van der Waals surface area contributed by atoms with Crippen LogP contribution in [0.4, 0.5) is 8.78 Å². The average molecular weight is 413 g/mol. The van der Waals surface area contributed by atoms with Crippen molar-refractivity contribution in [1.82, 2.24) is 19.7 Å². The van der Waals surface area contributed by atoms with Crippen LogP contribution in [-0.4, -0.2) is 29.3 Å². The lowest BCUT2D eigenvalue weighted by Gasteiger charge is -2.08. The van der Waals surface area contributed by atoms with E-state index in [1.807, 2.05) is 0 Å². The van der Waals surface area contributed by atoms with Crippen LogP contribution in [0.1, 0.15) is 16.2 Å². The van der Waals surface area contributed by atoms with Gasteiger partial charge in [0.25, 0.3) is 15.9 Å². The largest absolute Gasteiger partial charge is 0.287 e. The maximum atomic E-state index is 13.7. The number of nitrogens with zero attached hydrogens (tertiary/aromatic N) is 3. The smallest absolute Gasteiger partial charge is 0.266 e. The van der Waals surface area contributed by atoms with Crippen molar-refractivity contribution in [3.8, 4) is 5.69 Å². The van der Waals surface area contributed by atoms with Crippen LogP contribution in [0.5, 0.6) is 0 Å². The Morgan fingerprint density at radius 2 is 1.89 bits per heavy atom. The Hall–Kier alpha value is -2.85.